The zero-order valence-corrected chi connectivity index (χ0v) is 15.5. The normalized spacial score (nSPS) is 20.6. The predicted octanol–water partition coefficient (Wildman–Crippen LogP) is 2.26. The first-order valence-corrected chi connectivity index (χ1v) is 9.23. The van der Waals surface area contributed by atoms with Crippen LogP contribution >= 0.6 is 0 Å². The molecule has 2 heterocycles. The van der Waals surface area contributed by atoms with Crippen LogP contribution in [-0.2, 0) is 13.0 Å². The Labute approximate surface area is 150 Å². The number of urea groups is 1. The van der Waals surface area contributed by atoms with Gasteiger partial charge >= 0.3 is 6.03 Å². The molecule has 6 heteroatoms. The number of nitrogens with zero attached hydrogens (tertiary/aromatic N) is 2. The van der Waals surface area contributed by atoms with Crippen molar-refractivity contribution in [2.24, 2.45) is 0 Å². The van der Waals surface area contributed by atoms with Gasteiger partial charge in [0, 0.05) is 43.7 Å². The van der Waals surface area contributed by atoms with E-state index in [-0.39, 0.29) is 12.1 Å². The number of nitrogens with one attached hydrogen (secondary N) is 1. The second kappa shape index (κ2) is 7.95. The first-order valence-electron chi connectivity index (χ1n) is 9.23. The molecule has 2 aliphatic rings. The number of fused-ring (bicyclic) bond motifs is 1. The van der Waals surface area contributed by atoms with Gasteiger partial charge in [0.25, 0.3) is 0 Å². The standard InChI is InChI=1S/C19H29N3O3/c1-4-24-17-11-15-10-14(2)25-18(15)12-16(17)13-20-19(23)22-7-5-6-21(3)8-9-22/h11-12,14H,4-10,13H2,1-3H3,(H,20,23). The molecule has 1 aromatic rings. The van der Waals surface area contributed by atoms with Crippen molar-refractivity contribution in [3.63, 3.8) is 0 Å². The van der Waals surface area contributed by atoms with E-state index in [9.17, 15) is 4.79 Å². The fraction of sp³-hybridized carbons (Fsp3) is 0.632. The topological polar surface area (TPSA) is 54.0 Å². The van der Waals surface area contributed by atoms with Gasteiger partial charge in [0.15, 0.2) is 0 Å². The van der Waals surface area contributed by atoms with Crippen molar-refractivity contribution in [2.75, 3.05) is 39.8 Å². The van der Waals surface area contributed by atoms with Crippen LogP contribution < -0.4 is 14.8 Å². The van der Waals surface area contributed by atoms with Gasteiger partial charge in [0.05, 0.1) is 6.61 Å². The van der Waals surface area contributed by atoms with E-state index in [0.717, 1.165) is 56.1 Å². The Morgan fingerprint density at radius 3 is 2.96 bits per heavy atom. The van der Waals surface area contributed by atoms with Crippen molar-refractivity contribution in [1.82, 2.24) is 15.1 Å². The minimum atomic E-state index is -0.00691. The van der Waals surface area contributed by atoms with E-state index in [1.165, 1.54) is 5.56 Å². The van der Waals surface area contributed by atoms with Crippen LogP contribution in [0.15, 0.2) is 12.1 Å². The molecular weight excluding hydrogens is 318 g/mol. The maximum Gasteiger partial charge on any atom is 0.317 e. The monoisotopic (exact) mass is 347 g/mol. The summed E-state index contributed by atoms with van der Waals surface area (Å²) in [5, 5.41) is 3.05. The SMILES string of the molecule is CCOc1cc2c(cc1CNC(=O)N1CCCN(C)CC1)OC(C)C2. The molecular formula is C19H29N3O3. The van der Waals surface area contributed by atoms with Crippen LogP contribution in [0, 0.1) is 0 Å². The smallest absolute Gasteiger partial charge is 0.317 e. The fourth-order valence-electron chi connectivity index (χ4n) is 3.44. The van der Waals surface area contributed by atoms with Gasteiger partial charge in [-0.05, 0) is 46.0 Å². The lowest BCUT2D eigenvalue weighted by molar-refractivity contribution is 0.199. The van der Waals surface area contributed by atoms with Crippen LogP contribution in [0.4, 0.5) is 4.79 Å². The number of carbonyl (C=O) groups is 1. The number of rotatable bonds is 4. The summed E-state index contributed by atoms with van der Waals surface area (Å²) in [6.07, 6.45) is 2.12. The summed E-state index contributed by atoms with van der Waals surface area (Å²) in [5.74, 6) is 1.76. The molecule has 0 saturated carbocycles. The molecule has 1 saturated heterocycles. The number of likely N-dealkylation sites (N-methyl/N-ethyl adjacent to an activating group) is 1. The molecule has 6 nitrogen and oxygen atoms in total. The number of hydrogen-bond acceptors (Lipinski definition) is 4. The summed E-state index contributed by atoms with van der Waals surface area (Å²) >= 11 is 0. The van der Waals surface area contributed by atoms with E-state index >= 15 is 0 Å². The highest BCUT2D eigenvalue weighted by Gasteiger charge is 2.23. The molecule has 1 N–H and O–H groups in total. The second-order valence-corrected chi connectivity index (χ2v) is 6.94. The van der Waals surface area contributed by atoms with Crippen molar-refractivity contribution in [2.45, 2.75) is 39.3 Å². The lowest BCUT2D eigenvalue weighted by Crippen LogP contribution is -2.41. The lowest BCUT2D eigenvalue weighted by Gasteiger charge is -2.21. The fourth-order valence-corrected chi connectivity index (χ4v) is 3.44. The average molecular weight is 347 g/mol. The first kappa shape index (κ1) is 17.9. The van der Waals surface area contributed by atoms with Crippen molar-refractivity contribution in [3.8, 4) is 11.5 Å². The van der Waals surface area contributed by atoms with Crippen LogP contribution in [0.5, 0.6) is 11.5 Å². The lowest BCUT2D eigenvalue weighted by atomic mass is 10.1. The molecule has 1 fully saturated rings. The van der Waals surface area contributed by atoms with Crippen LogP contribution in [0.3, 0.4) is 0 Å². The second-order valence-electron chi connectivity index (χ2n) is 6.94. The van der Waals surface area contributed by atoms with E-state index in [4.69, 9.17) is 9.47 Å². The molecule has 2 aliphatic heterocycles. The van der Waals surface area contributed by atoms with Gasteiger partial charge in [-0.2, -0.15) is 0 Å². The molecule has 3 rings (SSSR count). The van der Waals surface area contributed by atoms with Crippen LogP contribution in [0.1, 0.15) is 31.4 Å². The van der Waals surface area contributed by atoms with Gasteiger partial charge in [0.2, 0.25) is 0 Å². The number of amides is 2. The summed E-state index contributed by atoms with van der Waals surface area (Å²) in [6, 6.07) is 4.07. The van der Waals surface area contributed by atoms with E-state index in [1.807, 2.05) is 17.9 Å². The molecule has 0 radical (unpaired) electrons. The summed E-state index contributed by atoms with van der Waals surface area (Å²) in [7, 11) is 2.10. The van der Waals surface area contributed by atoms with Crippen LogP contribution in [0.25, 0.3) is 0 Å². The number of benzene rings is 1. The van der Waals surface area contributed by atoms with Gasteiger partial charge in [-0.1, -0.05) is 0 Å². The molecule has 25 heavy (non-hydrogen) atoms. The Bertz CT molecular complexity index is 620. The average Bonchev–Trinajstić information content (AvgIpc) is 2.79. The van der Waals surface area contributed by atoms with Gasteiger partial charge in [-0.15, -0.1) is 0 Å². The Hall–Kier alpha value is -1.95. The Balaban J connectivity index is 1.65. The molecule has 0 aromatic heterocycles. The highest BCUT2D eigenvalue weighted by Crippen LogP contribution is 2.35. The molecule has 0 spiro atoms. The first-order chi connectivity index (χ1) is 12.1. The van der Waals surface area contributed by atoms with Crippen LogP contribution in [-0.4, -0.2) is 61.8 Å². The zero-order valence-electron chi connectivity index (χ0n) is 15.5. The Morgan fingerprint density at radius 2 is 2.16 bits per heavy atom. The van der Waals surface area contributed by atoms with Gasteiger partial charge in [-0.25, -0.2) is 4.79 Å². The third-order valence-corrected chi connectivity index (χ3v) is 4.82. The predicted molar refractivity (Wildman–Crippen MR) is 97.3 cm³/mol. The number of ether oxygens (including phenoxy) is 2. The summed E-state index contributed by atoms with van der Waals surface area (Å²) in [6.45, 7) is 8.63. The molecule has 1 atom stereocenters. The largest absolute Gasteiger partial charge is 0.494 e. The maximum absolute atomic E-state index is 12.5. The van der Waals surface area contributed by atoms with Gasteiger partial charge < -0.3 is 24.6 Å². The molecule has 2 amide bonds. The maximum atomic E-state index is 12.5. The molecule has 0 aliphatic carbocycles. The minimum absolute atomic E-state index is 0.00691. The quantitative estimate of drug-likeness (QED) is 0.908. The Kier molecular flexibility index (Phi) is 5.68. The number of hydrogen-bond donors (Lipinski definition) is 1. The summed E-state index contributed by atoms with van der Waals surface area (Å²) in [4.78, 5) is 16.7. The highest BCUT2D eigenvalue weighted by molar-refractivity contribution is 5.74. The molecule has 1 aromatic carbocycles. The zero-order chi connectivity index (χ0) is 17.8. The minimum Gasteiger partial charge on any atom is -0.494 e. The molecule has 0 bridgehead atoms. The Morgan fingerprint density at radius 1 is 1.32 bits per heavy atom. The van der Waals surface area contributed by atoms with Gasteiger partial charge in [0.1, 0.15) is 17.6 Å². The van der Waals surface area contributed by atoms with E-state index < -0.39 is 0 Å². The molecule has 1 unspecified atom stereocenters. The van der Waals surface area contributed by atoms with E-state index in [1.54, 1.807) is 0 Å². The highest BCUT2D eigenvalue weighted by atomic mass is 16.5. The van der Waals surface area contributed by atoms with E-state index in [2.05, 4.69) is 30.3 Å². The third-order valence-electron chi connectivity index (χ3n) is 4.82. The van der Waals surface area contributed by atoms with Crippen LogP contribution in [0.2, 0.25) is 0 Å². The summed E-state index contributed by atoms with van der Waals surface area (Å²) < 4.78 is 11.6. The van der Waals surface area contributed by atoms with Crippen molar-refractivity contribution in [3.05, 3.63) is 23.3 Å². The van der Waals surface area contributed by atoms with Crippen molar-refractivity contribution < 1.29 is 14.3 Å². The molecule has 138 valence electrons. The van der Waals surface area contributed by atoms with Crippen molar-refractivity contribution in [1.29, 1.82) is 0 Å². The summed E-state index contributed by atoms with van der Waals surface area (Å²) in [5.41, 5.74) is 2.15. The van der Waals surface area contributed by atoms with Crippen molar-refractivity contribution >= 4 is 6.03 Å². The third kappa shape index (κ3) is 4.37. The number of carbonyl (C=O) groups excluding carboxylic acids is 1. The van der Waals surface area contributed by atoms with Gasteiger partial charge in [-0.3, -0.25) is 0 Å². The van der Waals surface area contributed by atoms with E-state index in [0.29, 0.717) is 13.2 Å².